The molecule has 2 aromatic carbocycles. The molecule has 0 bridgehead atoms. The van der Waals surface area contributed by atoms with Crippen molar-refractivity contribution in [3.63, 3.8) is 0 Å². The fourth-order valence-electron chi connectivity index (χ4n) is 1.20. The molecule has 0 aliphatic heterocycles. The lowest BCUT2D eigenvalue weighted by Crippen LogP contribution is -1.61. The maximum Gasteiger partial charge on any atom is 0.0716 e. The van der Waals surface area contributed by atoms with E-state index in [1.807, 2.05) is 6.07 Å². The molecular weight excluding hydrogens is 132 g/mol. The predicted molar refractivity (Wildman–Crippen MR) is 48.4 cm³/mol. The molecule has 11 heavy (non-hydrogen) atoms. The van der Waals surface area contributed by atoms with Crippen LogP contribution in [-0.2, 0) is 0 Å². The topological polar surface area (TPSA) is 0 Å². The van der Waals surface area contributed by atoms with Crippen molar-refractivity contribution in [2.75, 3.05) is 0 Å². The van der Waals surface area contributed by atoms with Gasteiger partial charge in [0.2, 0.25) is 0 Å². The van der Waals surface area contributed by atoms with Crippen molar-refractivity contribution in [2.45, 2.75) is 0 Å². The zero-order valence-electron chi connectivity index (χ0n) is 6.20. The van der Waals surface area contributed by atoms with Gasteiger partial charge in [0, 0.05) is 30.3 Å². The van der Waals surface area contributed by atoms with Gasteiger partial charge in [-0.05, 0) is 12.1 Å². The van der Waals surface area contributed by atoms with Crippen LogP contribution in [0.4, 0.5) is 0 Å². The second-order valence-electron chi connectivity index (χ2n) is 2.54. The molecular formula is C11H9+. The summed E-state index contributed by atoms with van der Waals surface area (Å²) in [6, 6.07) is 18.8. The fraction of sp³-hybridized carbons (Fsp3) is 0. The first-order valence-corrected chi connectivity index (χ1v) is 3.74. The van der Waals surface area contributed by atoms with Gasteiger partial charge in [-0.25, -0.2) is 0 Å². The zero-order chi connectivity index (χ0) is 7.52. The van der Waals surface area contributed by atoms with E-state index in [-0.39, 0.29) is 0 Å². The van der Waals surface area contributed by atoms with Gasteiger partial charge >= 0.3 is 0 Å². The second kappa shape index (κ2) is 2.67. The molecule has 0 aliphatic carbocycles. The summed E-state index contributed by atoms with van der Waals surface area (Å²) in [5.41, 5.74) is 0. The first-order valence-electron chi connectivity index (χ1n) is 3.74. The minimum absolute atomic E-state index is 1.29. The highest BCUT2D eigenvalue weighted by atomic mass is 13.9. The summed E-state index contributed by atoms with van der Waals surface area (Å²) in [4.78, 5) is 0. The average molecular weight is 141 g/mol. The number of benzene rings is 1. The van der Waals surface area contributed by atoms with Crippen LogP contribution in [0.2, 0.25) is 0 Å². The van der Waals surface area contributed by atoms with E-state index in [1.54, 1.807) is 0 Å². The zero-order valence-corrected chi connectivity index (χ0v) is 6.20. The van der Waals surface area contributed by atoms with Gasteiger partial charge in [-0.2, -0.15) is 0 Å². The van der Waals surface area contributed by atoms with E-state index in [0.717, 1.165) is 0 Å². The molecule has 0 aromatic heterocycles. The van der Waals surface area contributed by atoms with Gasteiger partial charge in [-0.3, -0.25) is 0 Å². The van der Waals surface area contributed by atoms with Gasteiger partial charge in [0.15, 0.2) is 0 Å². The van der Waals surface area contributed by atoms with Crippen molar-refractivity contribution in [2.24, 2.45) is 0 Å². The van der Waals surface area contributed by atoms with Crippen LogP contribution in [0.5, 0.6) is 0 Å². The number of hydrogen-bond acceptors (Lipinski definition) is 0. The molecule has 0 saturated heterocycles. The highest BCUT2D eigenvalue weighted by molar-refractivity contribution is 5.81. The minimum atomic E-state index is 1.29. The van der Waals surface area contributed by atoms with E-state index >= 15 is 0 Å². The van der Waals surface area contributed by atoms with Crippen molar-refractivity contribution < 1.29 is 0 Å². The molecule has 0 spiro atoms. The molecule has 52 valence electrons. The summed E-state index contributed by atoms with van der Waals surface area (Å²) < 4.78 is 0. The van der Waals surface area contributed by atoms with Crippen LogP contribution in [0.1, 0.15) is 0 Å². The van der Waals surface area contributed by atoms with E-state index in [2.05, 4.69) is 48.5 Å². The summed E-state index contributed by atoms with van der Waals surface area (Å²) in [5.74, 6) is 0. The highest BCUT2D eigenvalue weighted by Crippen LogP contribution is 2.10. The van der Waals surface area contributed by atoms with Gasteiger partial charge < -0.3 is 0 Å². The molecule has 2 aromatic rings. The van der Waals surface area contributed by atoms with E-state index in [1.165, 1.54) is 10.8 Å². The number of hydrogen-bond donors (Lipinski definition) is 0. The van der Waals surface area contributed by atoms with Crippen LogP contribution >= 0.6 is 0 Å². The monoisotopic (exact) mass is 141 g/mol. The Morgan fingerprint density at radius 3 is 2.45 bits per heavy atom. The lowest BCUT2D eigenvalue weighted by molar-refractivity contribution is 1.82. The molecule has 0 unspecified atom stereocenters. The second-order valence-corrected chi connectivity index (χ2v) is 2.54. The molecule has 0 saturated carbocycles. The van der Waals surface area contributed by atoms with Gasteiger partial charge in [0.1, 0.15) is 0 Å². The summed E-state index contributed by atoms with van der Waals surface area (Å²) in [5, 5.41) is 2.58. The maximum absolute atomic E-state index is 2.12. The summed E-state index contributed by atoms with van der Waals surface area (Å²) >= 11 is 0. The highest BCUT2D eigenvalue weighted by Gasteiger charge is 1.91. The molecule has 0 heterocycles. The molecule has 0 amide bonds. The maximum atomic E-state index is 2.12. The number of rotatable bonds is 0. The van der Waals surface area contributed by atoms with E-state index < -0.39 is 0 Å². The van der Waals surface area contributed by atoms with Crippen molar-refractivity contribution in [1.29, 1.82) is 0 Å². The molecule has 0 N–H and O–H groups in total. The first-order chi connectivity index (χ1) is 5.47. The Morgan fingerprint density at radius 1 is 0.818 bits per heavy atom. The van der Waals surface area contributed by atoms with Crippen LogP contribution in [0, 0.1) is 0 Å². The van der Waals surface area contributed by atoms with Gasteiger partial charge in [0.25, 0.3) is 0 Å². The Kier molecular flexibility index (Phi) is 1.53. The molecule has 0 fully saturated rings. The Morgan fingerprint density at radius 2 is 1.55 bits per heavy atom. The van der Waals surface area contributed by atoms with Crippen LogP contribution in [-0.4, -0.2) is 0 Å². The third-order valence-corrected chi connectivity index (χ3v) is 1.77. The largest absolute Gasteiger partial charge is 0.0716 e. The summed E-state index contributed by atoms with van der Waals surface area (Å²) in [6.45, 7) is 0. The van der Waals surface area contributed by atoms with E-state index in [9.17, 15) is 0 Å². The van der Waals surface area contributed by atoms with Gasteiger partial charge in [-0.1, -0.05) is 6.07 Å². The fourth-order valence-corrected chi connectivity index (χ4v) is 1.20. The number of fused-ring (bicyclic) bond motifs is 1. The minimum Gasteiger partial charge on any atom is -0.0592 e. The Labute approximate surface area is 66.1 Å². The van der Waals surface area contributed by atoms with E-state index in [0.29, 0.717) is 0 Å². The Balaban J connectivity index is 2.90. The Hall–Kier alpha value is -1.43. The SMILES string of the molecule is c1ccc2c[cH+]cccc2c1. The van der Waals surface area contributed by atoms with Gasteiger partial charge in [0.05, 0.1) is 16.8 Å². The third kappa shape index (κ3) is 1.20. The normalized spacial score (nSPS) is 9.82. The molecule has 0 heteroatoms. The predicted octanol–water partition coefficient (Wildman–Crippen LogP) is 3.12. The van der Waals surface area contributed by atoms with Crippen LogP contribution in [0.15, 0.2) is 54.6 Å². The van der Waals surface area contributed by atoms with Crippen molar-refractivity contribution in [3.05, 3.63) is 54.6 Å². The summed E-state index contributed by atoms with van der Waals surface area (Å²) in [7, 11) is 0. The molecule has 0 atom stereocenters. The quantitative estimate of drug-likeness (QED) is 0.494. The lowest BCUT2D eigenvalue weighted by atomic mass is 10.2. The molecule has 0 radical (unpaired) electrons. The lowest BCUT2D eigenvalue weighted by Gasteiger charge is -1.81. The summed E-state index contributed by atoms with van der Waals surface area (Å²) in [6.07, 6.45) is 0. The van der Waals surface area contributed by atoms with Gasteiger partial charge in [-0.15, -0.1) is 0 Å². The Bertz CT molecular complexity index is 334. The molecule has 0 aliphatic rings. The van der Waals surface area contributed by atoms with Crippen molar-refractivity contribution >= 4 is 10.8 Å². The smallest absolute Gasteiger partial charge is 0.0592 e. The first kappa shape index (κ1) is 6.29. The van der Waals surface area contributed by atoms with Crippen molar-refractivity contribution in [1.82, 2.24) is 0 Å². The van der Waals surface area contributed by atoms with Crippen LogP contribution in [0.3, 0.4) is 0 Å². The third-order valence-electron chi connectivity index (χ3n) is 1.77. The van der Waals surface area contributed by atoms with Crippen molar-refractivity contribution in [3.8, 4) is 0 Å². The van der Waals surface area contributed by atoms with E-state index in [4.69, 9.17) is 0 Å². The van der Waals surface area contributed by atoms with Crippen LogP contribution in [0.25, 0.3) is 10.8 Å². The molecule has 0 nitrogen and oxygen atoms in total. The standard InChI is InChI=1S/C11H9/c1-2-6-10-8-4-5-9-11(10)7-3-1/h1-9H/q+1. The molecule has 2 rings (SSSR count). The average Bonchev–Trinajstić information content (AvgIpc) is 2.28. The van der Waals surface area contributed by atoms with Crippen LogP contribution < -0.4 is 0 Å².